The highest BCUT2D eigenvalue weighted by Crippen LogP contribution is 2.44. The zero-order valence-electron chi connectivity index (χ0n) is 15.6. The zero-order chi connectivity index (χ0) is 23.3. The molecule has 0 aliphatic rings. The molecule has 12 heteroatoms. The van der Waals surface area contributed by atoms with Crippen molar-refractivity contribution in [2.24, 2.45) is 0 Å². The van der Waals surface area contributed by atoms with Gasteiger partial charge in [0.05, 0.1) is 33.1 Å². The summed E-state index contributed by atoms with van der Waals surface area (Å²) in [6, 6.07) is 8.35. The highest BCUT2D eigenvalue weighted by atomic mass is 32.1. The van der Waals surface area contributed by atoms with Crippen LogP contribution in [0.5, 0.6) is 0 Å². The van der Waals surface area contributed by atoms with Crippen molar-refractivity contribution in [2.75, 3.05) is 11.1 Å². The van der Waals surface area contributed by atoms with Crippen LogP contribution in [0.2, 0.25) is 0 Å². The first-order valence-electron chi connectivity index (χ1n) is 8.78. The number of halogens is 6. The Morgan fingerprint density at radius 2 is 1.66 bits per heavy atom. The van der Waals surface area contributed by atoms with Gasteiger partial charge in [0.2, 0.25) is 0 Å². The highest BCUT2D eigenvalue weighted by Gasteiger charge is 2.37. The average molecular weight is 487 g/mol. The van der Waals surface area contributed by atoms with E-state index in [1.165, 1.54) is 17.4 Å². The Balaban J connectivity index is 1.83. The second-order valence-electron chi connectivity index (χ2n) is 6.55. The van der Waals surface area contributed by atoms with E-state index in [-0.39, 0.29) is 15.4 Å². The van der Waals surface area contributed by atoms with Gasteiger partial charge in [-0.1, -0.05) is 18.2 Å². The number of amides is 1. The number of thiophene rings is 2. The summed E-state index contributed by atoms with van der Waals surface area (Å²) in [5, 5.41) is 3.31. The number of aromatic nitrogens is 1. The first-order valence-corrected chi connectivity index (χ1v) is 10.5. The Labute approximate surface area is 184 Å². The van der Waals surface area contributed by atoms with Crippen LogP contribution in [-0.4, -0.2) is 10.9 Å². The van der Waals surface area contributed by atoms with E-state index in [0.29, 0.717) is 16.2 Å². The molecule has 0 spiro atoms. The van der Waals surface area contributed by atoms with Crippen molar-refractivity contribution in [1.82, 2.24) is 4.98 Å². The molecule has 0 aliphatic carbocycles. The van der Waals surface area contributed by atoms with E-state index in [9.17, 15) is 31.1 Å². The zero-order valence-corrected chi connectivity index (χ0v) is 17.3. The maximum Gasteiger partial charge on any atom is 0.418 e. The van der Waals surface area contributed by atoms with Gasteiger partial charge in [0.15, 0.2) is 0 Å². The van der Waals surface area contributed by atoms with Gasteiger partial charge in [-0.2, -0.15) is 26.3 Å². The van der Waals surface area contributed by atoms with Crippen LogP contribution in [0.4, 0.5) is 37.7 Å². The Hall–Kier alpha value is -3.12. The molecule has 3 N–H and O–H groups in total. The Kier molecular flexibility index (Phi) is 5.37. The Morgan fingerprint density at radius 1 is 0.969 bits per heavy atom. The van der Waals surface area contributed by atoms with Crippen LogP contribution >= 0.6 is 22.7 Å². The molecule has 0 aliphatic heterocycles. The second-order valence-corrected chi connectivity index (χ2v) is 8.50. The SMILES string of the molecule is Nc1c(C(=O)Nc2ccccc2C(F)(F)F)sc2nc(-c3cccs3)cc(C(F)(F)F)c12. The molecular weight excluding hydrogens is 476 g/mol. The molecule has 0 fully saturated rings. The fourth-order valence-corrected chi connectivity index (χ4v) is 4.78. The van der Waals surface area contributed by atoms with Crippen LogP contribution in [-0.2, 0) is 12.4 Å². The first-order chi connectivity index (χ1) is 15.0. The summed E-state index contributed by atoms with van der Waals surface area (Å²) in [7, 11) is 0. The summed E-state index contributed by atoms with van der Waals surface area (Å²) in [6.45, 7) is 0. The third kappa shape index (κ3) is 4.02. The van der Waals surface area contributed by atoms with Gasteiger partial charge in [-0.25, -0.2) is 4.98 Å². The van der Waals surface area contributed by atoms with Crippen molar-refractivity contribution in [1.29, 1.82) is 0 Å². The van der Waals surface area contributed by atoms with E-state index >= 15 is 0 Å². The molecule has 0 atom stereocenters. The summed E-state index contributed by atoms with van der Waals surface area (Å²) >= 11 is 1.77. The number of carbonyl (C=O) groups excluding carboxylic acids is 1. The number of benzene rings is 1. The summed E-state index contributed by atoms with van der Waals surface area (Å²) < 4.78 is 80.9. The third-order valence-electron chi connectivity index (χ3n) is 4.46. The molecule has 0 unspecified atom stereocenters. The lowest BCUT2D eigenvalue weighted by atomic mass is 10.1. The standard InChI is InChI=1S/C20H11F6N3OS2/c21-19(22,23)9-4-1-2-5-11(9)28-17(30)16-15(27)14-10(20(24,25)26)8-12(29-18(14)32-16)13-6-3-7-31-13/h1-8H,27H2,(H,28,30). The largest absolute Gasteiger partial charge is 0.418 e. The lowest BCUT2D eigenvalue weighted by molar-refractivity contribution is -0.137. The molecule has 0 bridgehead atoms. The number of pyridine rings is 1. The lowest BCUT2D eigenvalue weighted by Crippen LogP contribution is -2.16. The molecule has 0 radical (unpaired) electrons. The molecule has 0 saturated heterocycles. The number of fused-ring (bicyclic) bond motifs is 1. The number of nitrogen functional groups attached to an aromatic ring is 1. The molecule has 1 aromatic carbocycles. The van der Waals surface area contributed by atoms with E-state index in [1.54, 1.807) is 17.5 Å². The molecule has 32 heavy (non-hydrogen) atoms. The van der Waals surface area contributed by atoms with Gasteiger partial charge in [-0.3, -0.25) is 4.79 Å². The van der Waals surface area contributed by atoms with Gasteiger partial charge in [-0.05, 0) is 29.6 Å². The molecule has 166 valence electrons. The monoisotopic (exact) mass is 487 g/mol. The highest BCUT2D eigenvalue weighted by molar-refractivity contribution is 7.21. The third-order valence-corrected chi connectivity index (χ3v) is 6.46. The molecule has 4 nitrogen and oxygen atoms in total. The summed E-state index contributed by atoms with van der Waals surface area (Å²) in [5.41, 5.74) is 2.72. The van der Waals surface area contributed by atoms with Gasteiger partial charge in [0.1, 0.15) is 9.71 Å². The Morgan fingerprint density at radius 3 is 2.28 bits per heavy atom. The van der Waals surface area contributed by atoms with Gasteiger partial charge in [0, 0.05) is 5.39 Å². The topological polar surface area (TPSA) is 68.0 Å². The average Bonchev–Trinajstić information content (AvgIpc) is 3.35. The van der Waals surface area contributed by atoms with Crippen molar-refractivity contribution in [3.63, 3.8) is 0 Å². The summed E-state index contributed by atoms with van der Waals surface area (Å²) in [6.07, 6.45) is -9.53. The van der Waals surface area contributed by atoms with E-state index in [2.05, 4.69) is 10.3 Å². The number of anilines is 2. The second kappa shape index (κ2) is 7.78. The fourth-order valence-electron chi connectivity index (χ4n) is 3.08. The number of para-hydroxylation sites is 1. The maximum absolute atomic E-state index is 13.8. The minimum absolute atomic E-state index is 0.0513. The minimum Gasteiger partial charge on any atom is -0.397 e. The van der Waals surface area contributed by atoms with Crippen molar-refractivity contribution >= 4 is 50.2 Å². The normalized spacial score (nSPS) is 12.3. The van der Waals surface area contributed by atoms with Crippen molar-refractivity contribution in [3.05, 3.63) is 63.8 Å². The first kappa shape index (κ1) is 22.1. The number of nitrogens with one attached hydrogen (secondary N) is 1. The number of rotatable bonds is 3. The minimum atomic E-state index is -4.79. The van der Waals surface area contributed by atoms with Crippen LogP contribution in [0.25, 0.3) is 20.8 Å². The number of hydrogen-bond donors (Lipinski definition) is 2. The molecular formula is C20H11F6N3OS2. The molecule has 1 amide bonds. The predicted octanol–water partition coefficient (Wildman–Crippen LogP) is 6.90. The van der Waals surface area contributed by atoms with Crippen LogP contribution in [0.15, 0.2) is 47.8 Å². The maximum atomic E-state index is 13.8. The van der Waals surface area contributed by atoms with Crippen molar-refractivity contribution in [3.8, 4) is 10.6 Å². The van der Waals surface area contributed by atoms with Crippen LogP contribution in [0.1, 0.15) is 20.8 Å². The van der Waals surface area contributed by atoms with E-state index in [0.717, 1.165) is 24.3 Å². The summed E-state index contributed by atoms with van der Waals surface area (Å²) in [4.78, 5) is 16.9. The van der Waals surface area contributed by atoms with Crippen molar-refractivity contribution in [2.45, 2.75) is 12.4 Å². The van der Waals surface area contributed by atoms with Gasteiger partial charge >= 0.3 is 12.4 Å². The lowest BCUT2D eigenvalue weighted by Gasteiger charge is -2.13. The molecule has 4 aromatic rings. The molecule has 0 saturated carbocycles. The molecule has 4 rings (SSSR count). The molecule has 3 aromatic heterocycles. The van der Waals surface area contributed by atoms with Crippen LogP contribution in [0.3, 0.4) is 0 Å². The Bertz CT molecular complexity index is 1310. The summed E-state index contributed by atoms with van der Waals surface area (Å²) in [5.74, 6) is -1.06. The number of alkyl halides is 6. The van der Waals surface area contributed by atoms with Gasteiger partial charge in [0.25, 0.3) is 5.91 Å². The number of carbonyl (C=O) groups is 1. The predicted molar refractivity (Wildman–Crippen MR) is 112 cm³/mol. The van der Waals surface area contributed by atoms with E-state index in [4.69, 9.17) is 5.73 Å². The quantitative estimate of drug-likeness (QED) is 0.309. The van der Waals surface area contributed by atoms with Crippen LogP contribution < -0.4 is 11.1 Å². The van der Waals surface area contributed by atoms with Crippen LogP contribution in [0, 0.1) is 0 Å². The van der Waals surface area contributed by atoms with E-state index in [1.807, 2.05) is 0 Å². The smallest absolute Gasteiger partial charge is 0.397 e. The van der Waals surface area contributed by atoms with Crippen molar-refractivity contribution < 1.29 is 31.1 Å². The van der Waals surface area contributed by atoms with E-state index < -0.39 is 46.1 Å². The fraction of sp³-hybridized carbons (Fsp3) is 0.100. The number of nitrogens with two attached hydrogens (primary N) is 1. The van der Waals surface area contributed by atoms with Gasteiger partial charge in [-0.15, -0.1) is 22.7 Å². The number of hydrogen-bond acceptors (Lipinski definition) is 5. The van der Waals surface area contributed by atoms with Gasteiger partial charge < -0.3 is 11.1 Å². The number of nitrogens with zero attached hydrogens (tertiary/aromatic N) is 1. The molecule has 3 heterocycles.